The first-order valence-electron chi connectivity index (χ1n) is 14.1. The van der Waals surface area contributed by atoms with E-state index in [4.69, 9.17) is 0 Å². The second-order valence-corrected chi connectivity index (χ2v) is 10.0. The van der Waals surface area contributed by atoms with Crippen LogP contribution in [0.2, 0.25) is 0 Å². The van der Waals surface area contributed by atoms with Crippen molar-refractivity contribution in [3.63, 3.8) is 0 Å². The highest BCUT2D eigenvalue weighted by Crippen LogP contribution is 2.43. The Kier molecular flexibility index (Phi) is 9.70. The lowest BCUT2D eigenvalue weighted by molar-refractivity contribution is -0.124. The molecule has 1 N–H and O–H groups in total. The number of benzene rings is 2. The molecule has 2 aliphatic carbocycles. The Balaban J connectivity index is 1.60. The van der Waals surface area contributed by atoms with Gasteiger partial charge in [0.05, 0.1) is 5.70 Å². The number of allylic oxidation sites excluding steroid dienone is 7. The van der Waals surface area contributed by atoms with Gasteiger partial charge in [-0.25, -0.2) is 0 Å². The quantitative estimate of drug-likeness (QED) is 0.176. The Morgan fingerprint density at radius 2 is 1.77 bits per heavy atom. The van der Waals surface area contributed by atoms with Gasteiger partial charge in [-0.15, -0.1) is 0 Å². The molecule has 5 heteroatoms. The molecule has 0 aromatic heterocycles. The molecular weight excluding hydrogens is 502 g/mol. The maximum atomic E-state index is 14.6. The minimum Gasteiger partial charge on any atom is -0.377 e. The number of halogens is 2. The molecule has 40 heavy (non-hydrogen) atoms. The van der Waals surface area contributed by atoms with Crippen LogP contribution in [0, 0.1) is 0 Å². The first-order chi connectivity index (χ1) is 19.4. The van der Waals surface area contributed by atoms with Gasteiger partial charge in [-0.1, -0.05) is 97.5 Å². The predicted molar refractivity (Wildman–Crippen MR) is 161 cm³/mol. The van der Waals surface area contributed by atoms with Gasteiger partial charge in [0, 0.05) is 24.4 Å². The molecule has 2 aliphatic rings. The van der Waals surface area contributed by atoms with Crippen molar-refractivity contribution < 1.29 is 13.6 Å². The minimum atomic E-state index is -3.00. The molecule has 0 atom stereocenters. The maximum absolute atomic E-state index is 14.6. The van der Waals surface area contributed by atoms with Gasteiger partial charge in [-0.3, -0.25) is 4.79 Å². The van der Waals surface area contributed by atoms with Gasteiger partial charge in [0.25, 0.3) is 11.8 Å². The number of alkyl halides is 2. The molecule has 0 heterocycles. The second kappa shape index (κ2) is 13.4. The van der Waals surface area contributed by atoms with Crippen molar-refractivity contribution in [2.75, 3.05) is 13.1 Å². The number of rotatable bonds is 11. The summed E-state index contributed by atoms with van der Waals surface area (Å²) < 4.78 is 29.3. The summed E-state index contributed by atoms with van der Waals surface area (Å²) in [4.78, 5) is 15.9. The third-order valence-corrected chi connectivity index (χ3v) is 7.21. The zero-order chi connectivity index (χ0) is 28.5. The average Bonchev–Trinajstić information content (AvgIpc) is 3.19. The maximum Gasteiger partial charge on any atom is 0.293 e. The van der Waals surface area contributed by atoms with Crippen LogP contribution in [-0.2, 0) is 10.7 Å². The van der Waals surface area contributed by atoms with Crippen molar-refractivity contribution >= 4 is 17.2 Å². The second-order valence-electron chi connectivity index (χ2n) is 10.0. The van der Waals surface area contributed by atoms with Gasteiger partial charge in [0.2, 0.25) is 0 Å². The number of fused-ring (bicyclic) bond motifs is 1. The van der Waals surface area contributed by atoms with Crippen molar-refractivity contribution in [3.05, 3.63) is 131 Å². The van der Waals surface area contributed by atoms with Crippen LogP contribution in [0.4, 0.5) is 8.78 Å². The summed E-state index contributed by atoms with van der Waals surface area (Å²) in [7, 11) is 0. The smallest absolute Gasteiger partial charge is 0.293 e. The topological polar surface area (TPSA) is 32.3 Å². The van der Waals surface area contributed by atoms with Crippen LogP contribution in [0.1, 0.15) is 63.1 Å². The van der Waals surface area contributed by atoms with Crippen molar-refractivity contribution in [1.82, 2.24) is 10.2 Å². The minimum absolute atomic E-state index is 0.0202. The van der Waals surface area contributed by atoms with Crippen molar-refractivity contribution in [2.45, 2.75) is 52.4 Å². The molecule has 0 aliphatic heterocycles. The molecule has 208 valence electrons. The average molecular weight is 541 g/mol. The van der Waals surface area contributed by atoms with E-state index in [0.717, 1.165) is 35.8 Å². The number of carbonyl (C=O) groups is 1. The van der Waals surface area contributed by atoms with E-state index in [0.29, 0.717) is 36.3 Å². The fourth-order valence-corrected chi connectivity index (χ4v) is 5.03. The fraction of sp³-hybridized carbons (Fsp3) is 0.286. The number of hydrogen-bond donors (Lipinski definition) is 1. The Hall–Kier alpha value is -3.99. The van der Waals surface area contributed by atoms with Gasteiger partial charge in [0.1, 0.15) is 0 Å². The van der Waals surface area contributed by atoms with Gasteiger partial charge in [-0.05, 0) is 74.0 Å². The molecule has 0 unspecified atom stereocenters. The van der Waals surface area contributed by atoms with Gasteiger partial charge in [-0.2, -0.15) is 8.78 Å². The fourth-order valence-electron chi connectivity index (χ4n) is 5.03. The summed E-state index contributed by atoms with van der Waals surface area (Å²) in [5.41, 5.74) is 5.54. The van der Waals surface area contributed by atoms with Gasteiger partial charge >= 0.3 is 0 Å². The third-order valence-electron chi connectivity index (χ3n) is 7.21. The van der Waals surface area contributed by atoms with Crippen LogP contribution < -0.4 is 5.32 Å². The van der Waals surface area contributed by atoms with Crippen molar-refractivity contribution in [3.8, 4) is 0 Å². The SMILES string of the molecule is C/C=C\C(=C/C1=CC(F)(F)c2ccccc21)CN/C(=C\CC)C(=O)N(CC=C1CCC1)/C(=C\C)c1ccccc1. The molecule has 2 aromatic carbocycles. The largest absolute Gasteiger partial charge is 0.377 e. The molecule has 4 rings (SSSR count). The lowest BCUT2D eigenvalue weighted by Crippen LogP contribution is -2.36. The van der Waals surface area contributed by atoms with E-state index in [9.17, 15) is 13.6 Å². The normalized spacial score (nSPS) is 16.9. The number of amides is 1. The molecule has 0 bridgehead atoms. The Morgan fingerprint density at radius 1 is 1.05 bits per heavy atom. The summed E-state index contributed by atoms with van der Waals surface area (Å²) in [5.74, 6) is -3.12. The Labute approximate surface area is 237 Å². The zero-order valence-corrected chi connectivity index (χ0v) is 23.6. The van der Waals surface area contributed by atoms with E-state index >= 15 is 0 Å². The van der Waals surface area contributed by atoms with E-state index in [2.05, 4.69) is 11.4 Å². The van der Waals surface area contributed by atoms with Crippen LogP contribution >= 0.6 is 0 Å². The lowest BCUT2D eigenvalue weighted by atomic mass is 9.92. The van der Waals surface area contributed by atoms with E-state index in [1.165, 1.54) is 18.1 Å². The van der Waals surface area contributed by atoms with Crippen molar-refractivity contribution in [2.24, 2.45) is 0 Å². The standard InChI is InChI=1S/C35H38F2N2O/c1-4-13-27(23-29-24-35(36,37)31-20-11-10-19-30(29)31)25-38-32(14-5-2)34(40)39(22-21-26-15-12-16-26)33(6-3)28-17-8-7-9-18-28/h4,6-11,13-14,17-21,23-24,38H,5,12,15-16,22,25H2,1-3H3/b13-4-,27-23+,32-14-,33-6-. The number of hydrogen-bond acceptors (Lipinski definition) is 2. The Bertz CT molecular complexity index is 1390. The molecular formula is C35H38F2N2O. The van der Waals surface area contributed by atoms with Crippen LogP contribution in [0.3, 0.4) is 0 Å². The van der Waals surface area contributed by atoms with E-state index in [-0.39, 0.29) is 11.5 Å². The molecule has 1 amide bonds. The highest BCUT2D eigenvalue weighted by Gasteiger charge is 2.37. The van der Waals surface area contributed by atoms with Crippen molar-refractivity contribution in [1.29, 1.82) is 0 Å². The molecule has 1 saturated carbocycles. The Morgan fingerprint density at radius 3 is 2.42 bits per heavy atom. The number of nitrogens with one attached hydrogen (secondary N) is 1. The van der Waals surface area contributed by atoms with Crippen LogP contribution in [0.25, 0.3) is 11.3 Å². The summed E-state index contributed by atoms with van der Waals surface area (Å²) in [5, 5.41) is 3.34. The summed E-state index contributed by atoms with van der Waals surface area (Å²) in [6.45, 7) is 6.64. The molecule has 0 radical (unpaired) electrons. The van der Waals surface area contributed by atoms with Crippen LogP contribution in [0.15, 0.2) is 114 Å². The van der Waals surface area contributed by atoms with E-state index < -0.39 is 5.92 Å². The monoisotopic (exact) mass is 540 g/mol. The summed E-state index contributed by atoms with van der Waals surface area (Å²) >= 11 is 0. The molecule has 0 saturated heterocycles. The molecule has 3 nitrogen and oxygen atoms in total. The number of carbonyl (C=O) groups excluding carboxylic acids is 1. The first-order valence-corrected chi connectivity index (χ1v) is 14.1. The van der Waals surface area contributed by atoms with Crippen LogP contribution in [0.5, 0.6) is 0 Å². The highest BCUT2D eigenvalue weighted by molar-refractivity contribution is 5.98. The summed E-state index contributed by atoms with van der Waals surface area (Å²) in [6, 6.07) is 16.5. The molecule has 1 fully saturated rings. The zero-order valence-electron chi connectivity index (χ0n) is 23.6. The first kappa shape index (κ1) is 29.0. The number of nitrogens with zero attached hydrogens (tertiary/aromatic N) is 1. The summed E-state index contributed by atoms with van der Waals surface area (Å²) in [6.07, 6.45) is 16.7. The van der Waals surface area contributed by atoms with Gasteiger partial charge < -0.3 is 10.2 Å². The molecule has 0 spiro atoms. The van der Waals surface area contributed by atoms with Crippen LogP contribution in [-0.4, -0.2) is 23.9 Å². The predicted octanol–water partition coefficient (Wildman–Crippen LogP) is 8.56. The highest BCUT2D eigenvalue weighted by atomic mass is 19.3. The van der Waals surface area contributed by atoms with Gasteiger partial charge in [0.15, 0.2) is 0 Å². The molecule has 2 aromatic rings. The van der Waals surface area contributed by atoms with E-state index in [1.54, 1.807) is 24.3 Å². The van der Waals surface area contributed by atoms with E-state index in [1.807, 2.05) is 80.3 Å². The third kappa shape index (κ3) is 6.77. The lowest BCUT2D eigenvalue weighted by Gasteiger charge is -2.28.